The van der Waals surface area contributed by atoms with Gasteiger partial charge in [0.05, 0.1) is 37.5 Å². The number of nitriles is 2. The standard InChI is InChI=1S/2C11H13N.2C11H16O.C11H16/c1-11(2,3)10-6-4-9(8-12)5-7-10;1-11(2,3)10-6-4-5-9(7-10)8-12;1-11(2,3)9-5-7-10(12-4)8-6-9;1-11(2,3)9-7-5-6-8-10(9)12-4;1-9-7-5-6-8-10(9)11(2,3)4/h2*4-7H,1-3H3;2*5-8H,1-4H3;5-8H,1-4H3. The molecule has 4 nitrogen and oxygen atoms in total. The molecule has 59 heavy (non-hydrogen) atoms. The summed E-state index contributed by atoms with van der Waals surface area (Å²) in [6.07, 6.45) is 0. The van der Waals surface area contributed by atoms with E-state index in [-0.39, 0.29) is 27.1 Å². The zero-order valence-electron chi connectivity index (χ0n) is 39.8. The summed E-state index contributed by atoms with van der Waals surface area (Å²) in [4.78, 5) is 0. The first kappa shape index (κ1) is 51.7. The summed E-state index contributed by atoms with van der Waals surface area (Å²) < 4.78 is 10.4. The van der Waals surface area contributed by atoms with E-state index in [4.69, 9.17) is 20.0 Å². The van der Waals surface area contributed by atoms with Crippen molar-refractivity contribution in [3.8, 4) is 23.6 Å². The van der Waals surface area contributed by atoms with Crippen molar-refractivity contribution in [2.45, 2.75) is 138 Å². The Bertz CT molecular complexity index is 2060. The van der Waals surface area contributed by atoms with Crippen LogP contribution in [-0.2, 0) is 27.1 Å². The molecule has 0 amide bonds. The first-order chi connectivity index (χ1) is 27.2. The quantitative estimate of drug-likeness (QED) is 0.178. The van der Waals surface area contributed by atoms with Crippen LogP contribution in [0, 0.1) is 29.6 Å². The van der Waals surface area contributed by atoms with Crippen LogP contribution in [0.2, 0.25) is 0 Å². The average Bonchev–Trinajstić information content (AvgIpc) is 3.17. The van der Waals surface area contributed by atoms with Gasteiger partial charge in [0.2, 0.25) is 0 Å². The number of aryl methyl sites for hydroxylation is 1. The summed E-state index contributed by atoms with van der Waals surface area (Å²) in [5.41, 5.74) is 10.3. The lowest BCUT2D eigenvalue weighted by molar-refractivity contribution is 0.397. The summed E-state index contributed by atoms with van der Waals surface area (Å²) in [5.74, 6) is 1.90. The van der Waals surface area contributed by atoms with Crippen LogP contribution in [0.3, 0.4) is 0 Å². The maximum Gasteiger partial charge on any atom is 0.122 e. The molecular formula is C55H74N2O2. The lowest BCUT2D eigenvalue weighted by atomic mass is 9.84. The highest BCUT2D eigenvalue weighted by molar-refractivity contribution is 5.39. The monoisotopic (exact) mass is 795 g/mol. The molecule has 0 N–H and O–H groups in total. The van der Waals surface area contributed by atoms with Gasteiger partial charge in [0, 0.05) is 0 Å². The summed E-state index contributed by atoms with van der Waals surface area (Å²) in [7, 11) is 3.40. The molecule has 5 aromatic rings. The van der Waals surface area contributed by atoms with Crippen molar-refractivity contribution in [3.63, 3.8) is 0 Å². The number of rotatable bonds is 2. The zero-order chi connectivity index (χ0) is 45.2. The van der Waals surface area contributed by atoms with Crippen molar-refractivity contribution in [2.24, 2.45) is 0 Å². The van der Waals surface area contributed by atoms with E-state index in [0.29, 0.717) is 0 Å². The molecule has 0 saturated heterocycles. The number of benzene rings is 5. The van der Waals surface area contributed by atoms with Gasteiger partial charge >= 0.3 is 0 Å². The maximum absolute atomic E-state index is 8.68. The normalized spacial score (nSPS) is 11.2. The molecule has 0 aliphatic carbocycles. The smallest absolute Gasteiger partial charge is 0.122 e. The second kappa shape index (κ2) is 22.7. The molecule has 0 aliphatic heterocycles. The Labute approximate surface area is 360 Å². The molecule has 0 heterocycles. The Morgan fingerprint density at radius 3 is 1.17 bits per heavy atom. The van der Waals surface area contributed by atoms with Crippen molar-refractivity contribution >= 4 is 0 Å². The topological polar surface area (TPSA) is 66.0 Å². The van der Waals surface area contributed by atoms with Crippen molar-refractivity contribution in [3.05, 3.63) is 166 Å². The second-order valence-electron chi connectivity index (χ2n) is 19.9. The SMILES string of the molecule is CC(C)(C)c1ccc(C#N)cc1.CC(C)(C)c1cccc(C#N)c1.COc1ccc(C(C)(C)C)cc1.COc1ccccc1C(C)(C)C.Cc1ccccc1C(C)(C)C. The third-order valence-corrected chi connectivity index (χ3v) is 9.56. The van der Waals surface area contributed by atoms with Crippen LogP contribution >= 0.6 is 0 Å². The van der Waals surface area contributed by atoms with Gasteiger partial charge in [-0.1, -0.05) is 183 Å². The fourth-order valence-electron chi connectivity index (χ4n) is 5.87. The van der Waals surface area contributed by atoms with E-state index in [2.05, 4.69) is 171 Å². The van der Waals surface area contributed by atoms with Crippen LogP contribution < -0.4 is 9.47 Å². The van der Waals surface area contributed by atoms with Gasteiger partial charge in [0.1, 0.15) is 11.5 Å². The third-order valence-electron chi connectivity index (χ3n) is 9.56. The predicted molar refractivity (Wildman–Crippen MR) is 253 cm³/mol. The molecule has 0 aromatic heterocycles. The molecular weight excluding hydrogens is 721 g/mol. The summed E-state index contributed by atoms with van der Waals surface area (Å²) >= 11 is 0. The Hall–Kier alpha value is -5.32. The van der Waals surface area contributed by atoms with Gasteiger partial charge in [0.15, 0.2) is 0 Å². The minimum Gasteiger partial charge on any atom is -0.497 e. The average molecular weight is 795 g/mol. The van der Waals surface area contributed by atoms with E-state index in [1.807, 2.05) is 72.8 Å². The maximum atomic E-state index is 8.68. The van der Waals surface area contributed by atoms with E-state index in [1.54, 1.807) is 14.2 Å². The largest absolute Gasteiger partial charge is 0.497 e. The molecule has 0 saturated carbocycles. The van der Waals surface area contributed by atoms with Crippen LogP contribution in [0.25, 0.3) is 0 Å². The molecule has 0 aliphatic rings. The number of ether oxygens (including phenoxy) is 2. The van der Waals surface area contributed by atoms with E-state index < -0.39 is 0 Å². The van der Waals surface area contributed by atoms with Gasteiger partial charge in [0.25, 0.3) is 0 Å². The summed E-state index contributed by atoms with van der Waals surface area (Å²) in [5, 5.41) is 17.3. The lowest BCUT2D eigenvalue weighted by Crippen LogP contribution is -2.12. The molecule has 5 rings (SSSR count). The number of hydrogen-bond donors (Lipinski definition) is 0. The van der Waals surface area contributed by atoms with Crippen molar-refractivity contribution < 1.29 is 9.47 Å². The van der Waals surface area contributed by atoms with Crippen molar-refractivity contribution in [1.82, 2.24) is 0 Å². The van der Waals surface area contributed by atoms with Crippen LogP contribution in [0.15, 0.2) is 121 Å². The van der Waals surface area contributed by atoms with E-state index in [1.165, 1.54) is 33.4 Å². The number of hydrogen-bond acceptors (Lipinski definition) is 4. The minimum atomic E-state index is 0.132. The highest BCUT2D eigenvalue weighted by Crippen LogP contribution is 2.31. The molecule has 0 unspecified atom stereocenters. The van der Waals surface area contributed by atoms with E-state index in [9.17, 15) is 0 Å². The molecule has 0 atom stereocenters. The predicted octanol–water partition coefficient (Wildman–Crippen LogP) is 15.0. The minimum absolute atomic E-state index is 0.132. The van der Waals surface area contributed by atoms with E-state index >= 15 is 0 Å². The van der Waals surface area contributed by atoms with Gasteiger partial charge in [-0.2, -0.15) is 10.5 Å². The lowest BCUT2D eigenvalue weighted by Gasteiger charge is -2.21. The second-order valence-corrected chi connectivity index (χ2v) is 19.9. The molecule has 316 valence electrons. The Balaban J connectivity index is 0.000000369. The van der Waals surface area contributed by atoms with Gasteiger partial charge in [-0.15, -0.1) is 0 Å². The van der Waals surface area contributed by atoms with Gasteiger partial charge in [-0.05, 0) is 110 Å². The third kappa shape index (κ3) is 18.9. The Kier molecular flexibility index (Phi) is 19.9. The summed E-state index contributed by atoms with van der Waals surface area (Å²) in [6, 6.07) is 44.7. The molecule has 0 fully saturated rings. The van der Waals surface area contributed by atoms with Crippen LogP contribution in [0.1, 0.15) is 148 Å². The van der Waals surface area contributed by atoms with Gasteiger partial charge in [-0.25, -0.2) is 0 Å². The number of para-hydroxylation sites is 1. The van der Waals surface area contributed by atoms with Crippen LogP contribution in [0.5, 0.6) is 11.5 Å². The van der Waals surface area contributed by atoms with Gasteiger partial charge < -0.3 is 9.47 Å². The Morgan fingerprint density at radius 2 is 0.814 bits per heavy atom. The zero-order valence-corrected chi connectivity index (χ0v) is 39.8. The highest BCUT2D eigenvalue weighted by Gasteiger charge is 2.18. The van der Waals surface area contributed by atoms with Gasteiger partial charge in [-0.3, -0.25) is 0 Å². The van der Waals surface area contributed by atoms with Crippen molar-refractivity contribution in [1.29, 1.82) is 10.5 Å². The fraction of sp³-hybridized carbons (Fsp3) is 0.418. The molecule has 5 aromatic carbocycles. The molecule has 0 radical (unpaired) electrons. The first-order valence-corrected chi connectivity index (χ1v) is 20.5. The summed E-state index contributed by atoms with van der Waals surface area (Å²) in [6.45, 7) is 35.0. The van der Waals surface area contributed by atoms with Crippen molar-refractivity contribution in [2.75, 3.05) is 14.2 Å². The number of methoxy groups -OCH3 is 2. The first-order valence-electron chi connectivity index (χ1n) is 20.5. The molecule has 0 bridgehead atoms. The number of nitrogens with zero attached hydrogens (tertiary/aromatic N) is 2. The fourth-order valence-corrected chi connectivity index (χ4v) is 5.87. The van der Waals surface area contributed by atoms with Crippen LogP contribution in [-0.4, -0.2) is 14.2 Å². The highest BCUT2D eigenvalue weighted by atomic mass is 16.5. The van der Waals surface area contributed by atoms with Crippen LogP contribution in [0.4, 0.5) is 0 Å². The molecule has 0 spiro atoms. The van der Waals surface area contributed by atoms with E-state index in [0.717, 1.165) is 22.6 Å². The Morgan fingerprint density at radius 1 is 0.390 bits per heavy atom. The molecule has 4 heteroatoms.